The molecule has 3 rings (SSSR count). The molecule has 0 aliphatic rings. The topological polar surface area (TPSA) is 53.4 Å². The molecule has 0 radical (unpaired) electrons. The first-order valence-corrected chi connectivity index (χ1v) is 9.65. The van der Waals surface area contributed by atoms with Crippen LogP contribution in [0.1, 0.15) is 13.8 Å². The Hall–Kier alpha value is -1.65. The van der Waals surface area contributed by atoms with Crippen molar-refractivity contribution in [1.82, 2.24) is 9.78 Å². The van der Waals surface area contributed by atoms with E-state index in [1.807, 2.05) is 42.5 Å². The summed E-state index contributed by atoms with van der Waals surface area (Å²) in [4.78, 5) is 0. The largest absolute Gasteiger partial charge is 0.380 e. The lowest BCUT2D eigenvalue weighted by molar-refractivity contribution is 0.229. The molecule has 0 saturated heterocycles. The third-order valence-electron chi connectivity index (χ3n) is 3.49. The molecule has 0 bridgehead atoms. The van der Waals surface area contributed by atoms with Gasteiger partial charge in [0.15, 0.2) is 5.44 Å². The van der Waals surface area contributed by atoms with E-state index in [2.05, 4.69) is 5.10 Å². The van der Waals surface area contributed by atoms with Crippen molar-refractivity contribution in [3.63, 3.8) is 0 Å². The summed E-state index contributed by atoms with van der Waals surface area (Å²) in [7, 11) is -3.55. The Kier molecular flexibility index (Phi) is 5.07. The van der Waals surface area contributed by atoms with Crippen LogP contribution in [0.15, 0.2) is 48.5 Å². The van der Waals surface area contributed by atoms with Crippen LogP contribution in [0.5, 0.6) is 0 Å². The standard InChI is InChI=1S/C17H18ClN2O3P/c1-3-22-24(21,23-4-2)17-13-9-5-7-11-15(13)19-20(17)16-12-8-6-10-14(16)18/h5-12H,3-4H2,1-2H3. The van der Waals surface area contributed by atoms with Crippen molar-refractivity contribution in [2.45, 2.75) is 13.8 Å². The third-order valence-corrected chi connectivity index (χ3v) is 5.96. The molecular weight excluding hydrogens is 347 g/mol. The highest BCUT2D eigenvalue weighted by atomic mass is 35.5. The van der Waals surface area contributed by atoms with Gasteiger partial charge in [-0.05, 0) is 32.0 Å². The average molecular weight is 365 g/mol. The minimum absolute atomic E-state index is 0.263. The first-order chi connectivity index (χ1) is 11.6. The van der Waals surface area contributed by atoms with Crippen molar-refractivity contribution in [1.29, 1.82) is 0 Å². The number of benzene rings is 2. The zero-order valence-electron chi connectivity index (χ0n) is 13.5. The first-order valence-electron chi connectivity index (χ1n) is 7.73. The lowest BCUT2D eigenvalue weighted by Crippen LogP contribution is -2.21. The van der Waals surface area contributed by atoms with Gasteiger partial charge in [-0.2, -0.15) is 5.10 Å². The summed E-state index contributed by atoms with van der Waals surface area (Å²) in [5.74, 6) is 0. The Morgan fingerprint density at radius 2 is 1.67 bits per heavy atom. The van der Waals surface area contributed by atoms with Crippen LogP contribution in [0, 0.1) is 0 Å². The number of aromatic nitrogens is 2. The highest BCUT2D eigenvalue weighted by molar-refractivity contribution is 7.62. The number of hydrogen-bond donors (Lipinski definition) is 0. The molecule has 0 amide bonds. The Bertz CT molecular complexity index is 900. The van der Waals surface area contributed by atoms with Gasteiger partial charge in [-0.15, -0.1) is 0 Å². The monoisotopic (exact) mass is 364 g/mol. The van der Waals surface area contributed by atoms with E-state index in [-0.39, 0.29) is 13.2 Å². The van der Waals surface area contributed by atoms with Crippen LogP contribution in [-0.2, 0) is 13.6 Å². The molecule has 1 aromatic heterocycles. The van der Waals surface area contributed by atoms with Crippen molar-refractivity contribution in [3.8, 4) is 5.69 Å². The SMILES string of the molecule is CCOP(=O)(OCC)c1c2ccccc2nn1-c1ccccc1Cl. The lowest BCUT2D eigenvalue weighted by Gasteiger charge is -2.19. The van der Waals surface area contributed by atoms with Gasteiger partial charge in [-0.25, -0.2) is 4.68 Å². The van der Waals surface area contributed by atoms with E-state index in [1.165, 1.54) is 0 Å². The molecule has 0 saturated carbocycles. The minimum atomic E-state index is -3.55. The van der Waals surface area contributed by atoms with E-state index in [1.54, 1.807) is 24.6 Å². The van der Waals surface area contributed by atoms with Gasteiger partial charge in [-0.3, -0.25) is 4.57 Å². The van der Waals surface area contributed by atoms with E-state index < -0.39 is 7.60 Å². The van der Waals surface area contributed by atoms with Gasteiger partial charge in [0, 0.05) is 5.39 Å². The molecule has 0 N–H and O–H groups in total. The van der Waals surface area contributed by atoms with Crippen molar-refractivity contribution in [2.24, 2.45) is 0 Å². The van der Waals surface area contributed by atoms with Gasteiger partial charge >= 0.3 is 7.60 Å². The highest BCUT2D eigenvalue weighted by Gasteiger charge is 2.34. The Labute approximate surface area is 145 Å². The summed E-state index contributed by atoms with van der Waals surface area (Å²) in [6, 6.07) is 14.7. The van der Waals surface area contributed by atoms with Gasteiger partial charge in [0.1, 0.15) is 0 Å². The fourth-order valence-corrected chi connectivity index (χ4v) is 4.66. The maximum Gasteiger partial charge on any atom is 0.380 e. The molecule has 2 aromatic carbocycles. The second-order valence-electron chi connectivity index (χ2n) is 5.04. The summed E-state index contributed by atoms with van der Waals surface area (Å²) in [6.45, 7) is 4.09. The van der Waals surface area contributed by atoms with E-state index in [0.29, 0.717) is 21.7 Å². The third kappa shape index (κ3) is 3.01. The predicted octanol–water partition coefficient (Wildman–Crippen LogP) is 4.57. The Balaban J connectivity index is 2.34. The van der Waals surface area contributed by atoms with E-state index >= 15 is 0 Å². The number of nitrogens with zero attached hydrogens (tertiary/aromatic N) is 2. The van der Waals surface area contributed by atoms with E-state index in [0.717, 1.165) is 5.39 Å². The first kappa shape index (κ1) is 17.2. The number of hydrogen-bond acceptors (Lipinski definition) is 4. The molecule has 126 valence electrons. The maximum absolute atomic E-state index is 13.4. The molecule has 0 aliphatic heterocycles. The predicted molar refractivity (Wildman–Crippen MR) is 96.6 cm³/mol. The molecule has 0 aliphatic carbocycles. The van der Waals surface area contributed by atoms with Crippen LogP contribution in [0.4, 0.5) is 0 Å². The van der Waals surface area contributed by atoms with Crippen molar-refractivity contribution < 1.29 is 13.6 Å². The Morgan fingerprint density at radius 3 is 2.33 bits per heavy atom. The minimum Gasteiger partial charge on any atom is -0.304 e. The molecule has 1 heterocycles. The highest BCUT2D eigenvalue weighted by Crippen LogP contribution is 2.49. The molecule has 5 nitrogen and oxygen atoms in total. The maximum atomic E-state index is 13.4. The zero-order chi connectivity index (χ0) is 17.2. The van der Waals surface area contributed by atoms with Crippen LogP contribution in [0.25, 0.3) is 16.6 Å². The van der Waals surface area contributed by atoms with Crippen molar-refractivity contribution >= 4 is 35.5 Å². The molecule has 7 heteroatoms. The average Bonchev–Trinajstić information content (AvgIpc) is 2.95. The number of fused-ring (bicyclic) bond motifs is 1. The fourth-order valence-electron chi connectivity index (χ4n) is 2.57. The quantitative estimate of drug-likeness (QED) is 0.601. The van der Waals surface area contributed by atoms with Gasteiger partial charge in [0.05, 0.1) is 29.4 Å². The van der Waals surface area contributed by atoms with Gasteiger partial charge in [0.2, 0.25) is 0 Å². The second-order valence-corrected chi connectivity index (χ2v) is 7.38. The molecule has 0 spiro atoms. The van der Waals surface area contributed by atoms with Gasteiger partial charge < -0.3 is 9.05 Å². The lowest BCUT2D eigenvalue weighted by atomic mass is 10.3. The second kappa shape index (κ2) is 7.08. The summed E-state index contributed by atoms with van der Waals surface area (Å²) < 4.78 is 26.1. The fraction of sp³-hybridized carbons (Fsp3) is 0.235. The molecular formula is C17H18ClN2O3P. The normalized spacial score (nSPS) is 12.0. The number of para-hydroxylation sites is 1. The summed E-state index contributed by atoms with van der Waals surface area (Å²) in [5, 5.41) is 5.80. The van der Waals surface area contributed by atoms with Crippen LogP contribution < -0.4 is 5.44 Å². The van der Waals surface area contributed by atoms with Crippen molar-refractivity contribution in [2.75, 3.05) is 13.2 Å². The van der Waals surface area contributed by atoms with E-state index in [4.69, 9.17) is 20.6 Å². The van der Waals surface area contributed by atoms with Crippen LogP contribution >= 0.6 is 19.2 Å². The zero-order valence-corrected chi connectivity index (χ0v) is 15.1. The van der Waals surface area contributed by atoms with Gasteiger partial charge in [0.25, 0.3) is 0 Å². The molecule has 0 unspecified atom stereocenters. The van der Waals surface area contributed by atoms with Crippen LogP contribution in [0.3, 0.4) is 0 Å². The molecule has 0 fully saturated rings. The van der Waals surface area contributed by atoms with Crippen LogP contribution in [0.2, 0.25) is 5.02 Å². The number of rotatable bonds is 6. The molecule has 0 atom stereocenters. The number of halogens is 1. The van der Waals surface area contributed by atoms with Crippen molar-refractivity contribution in [3.05, 3.63) is 53.6 Å². The van der Waals surface area contributed by atoms with Gasteiger partial charge in [-0.1, -0.05) is 41.9 Å². The van der Waals surface area contributed by atoms with E-state index in [9.17, 15) is 4.57 Å². The summed E-state index contributed by atoms with van der Waals surface area (Å²) >= 11 is 6.33. The molecule has 3 aromatic rings. The summed E-state index contributed by atoms with van der Waals surface area (Å²) in [5.41, 5.74) is 1.73. The smallest absolute Gasteiger partial charge is 0.304 e. The van der Waals surface area contributed by atoms with Crippen LogP contribution in [-0.4, -0.2) is 23.0 Å². The Morgan fingerprint density at radius 1 is 1.04 bits per heavy atom. The summed E-state index contributed by atoms with van der Waals surface area (Å²) in [6.07, 6.45) is 0. The molecule has 24 heavy (non-hydrogen) atoms.